The topological polar surface area (TPSA) is 52.3 Å². The molecule has 0 spiro atoms. The molecule has 0 radical (unpaired) electrons. The van der Waals surface area contributed by atoms with Crippen LogP contribution in [0.1, 0.15) is 78.4 Å². The van der Waals surface area contributed by atoms with Crippen LogP contribution in [-0.4, -0.2) is 17.2 Å². The molecule has 0 bridgehead atoms. The largest absolute Gasteiger partial charge is 0.458 e. The van der Waals surface area contributed by atoms with Gasteiger partial charge < -0.3 is 9.26 Å². The van der Waals surface area contributed by atoms with Gasteiger partial charge in [-0.1, -0.05) is 80.4 Å². The van der Waals surface area contributed by atoms with Crippen molar-refractivity contribution in [2.24, 2.45) is 11.8 Å². The Kier molecular flexibility index (Phi) is 6.71. The summed E-state index contributed by atoms with van der Waals surface area (Å²) in [7, 11) is 0. The van der Waals surface area contributed by atoms with Gasteiger partial charge in [0.2, 0.25) is 0 Å². The summed E-state index contributed by atoms with van der Waals surface area (Å²) < 4.78 is 11.9. The molecule has 1 aliphatic carbocycles. The smallest absolute Gasteiger partial charge is 0.344 e. The van der Waals surface area contributed by atoms with E-state index in [1.807, 2.05) is 6.07 Å². The highest BCUT2D eigenvalue weighted by Crippen LogP contribution is 2.44. The Hall–Kier alpha value is -2.88. The first-order valence-electron chi connectivity index (χ1n) is 12.4. The van der Waals surface area contributed by atoms with E-state index in [9.17, 15) is 4.79 Å². The molecule has 1 aromatic heterocycles. The van der Waals surface area contributed by atoms with Crippen molar-refractivity contribution in [3.63, 3.8) is 0 Å². The first kappa shape index (κ1) is 24.3. The number of hydrogen-bond donors (Lipinski definition) is 0. The zero-order chi connectivity index (χ0) is 24.6. The standard InChI is InChI=1S/C30H37NO3/c1-18-13-14-24(30(6,7)23-11-9-8-10-12-23)25(17-18)33-29(32)27-22(5)34-31-28(27)26-20(3)15-19(2)16-21(26)4/h8-12,15-16,18,24-25H,13-14,17H2,1-7H3/t18-,24-,25-/m1/s1. The zero-order valence-corrected chi connectivity index (χ0v) is 21.6. The second-order valence-electron chi connectivity index (χ2n) is 10.8. The van der Waals surface area contributed by atoms with Crippen molar-refractivity contribution >= 4 is 5.97 Å². The first-order valence-corrected chi connectivity index (χ1v) is 12.4. The molecule has 3 aromatic rings. The van der Waals surface area contributed by atoms with E-state index >= 15 is 0 Å². The summed E-state index contributed by atoms with van der Waals surface area (Å²) in [5.41, 5.74) is 6.50. The Morgan fingerprint density at radius 2 is 1.68 bits per heavy atom. The van der Waals surface area contributed by atoms with Crippen molar-refractivity contribution in [3.8, 4) is 11.3 Å². The molecule has 4 heteroatoms. The number of nitrogens with zero attached hydrogens (tertiary/aromatic N) is 1. The van der Waals surface area contributed by atoms with Gasteiger partial charge in [-0.3, -0.25) is 0 Å². The fraction of sp³-hybridized carbons (Fsp3) is 0.467. The third-order valence-corrected chi connectivity index (χ3v) is 7.74. The molecule has 0 aliphatic heterocycles. The molecule has 1 fully saturated rings. The van der Waals surface area contributed by atoms with E-state index in [4.69, 9.17) is 9.26 Å². The number of hydrogen-bond acceptors (Lipinski definition) is 4. The Balaban J connectivity index is 1.67. The minimum Gasteiger partial charge on any atom is -0.458 e. The summed E-state index contributed by atoms with van der Waals surface area (Å²) in [5, 5.41) is 4.31. The van der Waals surface area contributed by atoms with Gasteiger partial charge in [-0.05, 0) is 68.6 Å². The number of rotatable bonds is 5. The molecule has 1 aliphatic rings. The normalized spacial score (nSPS) is 20.9. The molecule has 180 valence electrons. The summed E-state index contributed by atoms with van der Waals surface area (Å²) >= 11 is 0. The molecule has 0 amide bonds. The van der Waals surface area contributed by atoms with E-state index in [1.165, 1.54) is 11.1 Å². The lowest BCUT2D eigenvalue weighted by Gasteiger charge is -2.44. The van der Waals surface area contributed by atoms with Crippen LogP contribution in [-0.2, 0) is 10.2 Å². The molecule has 2 aromatic carbocycles. The number of aryl methyl sites for hydroxylation is 4. The molecule has 1 heterocycles. The monoisotopic (exact) mass is 459 g/mol. The highest BCUT2D eigenvalue weighted by molar-refractivity contribution is 5.98. The number of aromatic nitrogens is 1. The third-order valence-electron chi connectivity index (χ3n) is 7.74. The number of esters is 1. The quantitative estimate of drug-likeness (QED) is 0.370. The predicted octanol–water partition coefficient (Wildman–Crippen LogP) is 7.51. The Morgan fingerprint density at radius 3 is 2.32 bits per heavy atom. The third kappa shape index (κ3) is 4.55. The molecule has 0 unspecified atom stereocenters. The minimum absolute atomic E-state index is 0.108. The van der Waals surface area contributed by atoms with Crippen LogP contribution >= 0.6 is 0 Å². The summed E-state index contributed by atoms with van der Waals surface area (Å²) in [4.78, 5) is 13.7. The van der Waals surface area contributed by atoms with Gasteiger partial charge in [0.05, 0.1) is 0 Å². The van der Waals surface area contributed by atoms with Crippen LogP contribution in [0.5, 0.6) is 0 Å². The summed E-state index contributed by atoms with van der Waals surface area (Å²) in [6.07, 6.45) is 2.89. The number of carbonyl (C=O) groups excluding carboxylic acids is 1. The van der Waals surface area contributed by atoms with Crippen molar-refractivity contribution in [1.29, 1.82) is 0 Å². The summed E-state index contributed by atoms with van der Waals surface area (Å²) in [6.45, 7) is 14.8. The molecule has 4 nitrogen and oxygen atoms in total. The van der Waals surface area contributed by atoms with E-state index in [0.717, 1.165) is 36.0 Å². The maximum absolute atomic E-state index is 13.7. The highest BCUT2D eigenvalue weighted by Gasteiger charge is 2.42. The number of benzene rings is 2. The zero-order valence-electron chi connectivity index (χ0n) is 21.6. The van der Waals surface area contributed by atoms with Gasteiger partial charge in [0, 0.05) is 11.5 Å². The Labute approximate surface area is 203 Å². The van der Waals surface area contributed by atoms with Crippen LogP contribution in [0.25, 0.3) is 11.3 Å². The first-order chi connectivity index (χ1) is 16.1. The van der Waals surface area contributed by atoms with Gasteiger partial charge in [-0.15, -0.1) is 0 Å². The molecule has 3 atom stereocenters. The SMILES string of the molecule is Cc1cc(C)c(-c2noc(C)c2C(=O)O[C@@H]2C[C@H](C)CC[C@H]2C(C)(C)c2ccccc2)c(C)c1. The van der Waals surface area contributed by atoms with E-state index in [2.05, 4.69) is 83.1 Å². The van der Waals surface area contributed by atoms with E-state index in [0.29, 0.717) is 22.9 Å². The fourth-order valence-electron chi connectivity index (χ4n) is 5.90. The van der Waals surface area contributed by atoms with Crippen molar-refractivity contribution in [1.82, 2.24) is 5.16 Å². The van der Waals surface area contributed by atoms with Crippen molar-refractivity contribution in [3.05, 3.63) is 76.0 Å². The average Bonchev–Trinajstić information content (AvgIpc) is 3.14. The predicted molar refractivity (Wildman–Crippen MR) is 136 cm³/mol. The maximum atomic E-state index is 13.7. The molecule has 34 heavy (non-hydrogen) atoms. The molecular weight excluding hydrogens is 422 g/mol. The maximum Gasteiger partial charge on any atom is 0.344 e. The van der Waals surface area contributed by atoms with E-state index in [-0.39, 0.29) is 23.4 Å². The van der Waals surface area contributed by atoms with Gasteiger partial charge in [0.25, 0.3) is 0 Å². The molecule has 4 rings (SSSR count). The number of carbonyl (C=O) groups is 1. The lowest BCUT2D eigenvalue weighted by atomic mass is 9.64. The fourth-order valence-corrected chi connectivity index (χ4v) is 5.90. The Bertz CT molecular complexity index is 1150. The van der Waals surface area contributed by atoms with Crippen molar-refractivity contribution < 1.29 is 14.1 Å². The van der Waals surface area contributed by atoms with Crippen molar-refractivity contribution in [2.45, 2.75) is 79.2 Å². The lowest BCUT2D eigenvalue weighted by molar-refractivity contribution is -0.0237. The molecular formula is C30H37NO3. The van der Waals surface area contributed by atoms with Crippen LogP contribution in [0, 0.1) is 39.5 Å². The Morgan fingerprint density at radius 1 is 1.03 bits per heavy atom. The highest BCUT2D eigenvalue weighted by atomic mass is 16.5. The lowest BCUT2D eigenvalue weighted by Crippen LogP contribution is -2.43. The van der Waals surface area contributed by atoms with Crippen LogP contribution < -0.4 is 0 Å². The number of ether oxygens (including phenoxy) is 1. The molecule has 0 saturated heterocycles. The van der Waals surface area contributed by atoms with Gasteiger partial charge >= 0.3 is 5.97 Å². The van der Waals surface area contributed by atoms with Gasteiger partial charge in [0.1, 0.15) is 23.1 Å². The average molecular weight is 460 g/mol. The van der Waals surface area contributed by atoms with E-state index < -0.39 is 0 Å². The summed E-state index contributed by atoms with van der Waals surface area (Å²) in [5.74, 6) is 0.926. The molecule has 1 saturated carbocycles. The van der Waals surface area contributed by atoms with Gasteiger partial charge in [-0.2, -0.15) is 0 Å². The van der Waals surface area contributed by atoms with Crippen LogP contribution in [0.4, 0.5) is 0 Å². The minimum atomic E-state index is -0.332. The second kappa shape index (κ2) is 9.40. The second-order valence-corrected chi connectivity index (χ2v) is 10.8. The summed E-state index contributed by atoms with van der Waals surface area (Å²) in [6, 6.07) is 14.8. The van der Waals surface area contributed by atoms with Crippen LogP contribution in [0.3, 0.4) is 0 Å². The van der Waals surface area contributed by atoms with Crippen LogP contribution in [0.15, 0.2) is 47.0 Å². The van der Waals surface area contributed by atoms with Crippen LogP contribution in [0.2, 0.25) is 0 Å². The van der Waals surface area contributed by atoms with Gasteiger partial charge in [0.15, 0.2) is 0 Å². The van der Waals surface area contributed by atoms with Crippen molar-refractivity contribution in [2.75, 3.05) is 0 Å². The molecule has 0 N–H and O–H groups in total. The van der Waals surface area contributed by atoms with Gasteiger partial charge in [-0.25, -0.2) is 4.79 Å². The van der Waals surface area contributed by atoms with E-state index in [1.54, 1.807) is 6.92 Å².